The van der Waals surface area contributed by atoms with Crippen molar-refractivity contribution < 1.29 is 14.6 Å². The molecule has 5 nitrogen and oxygen atoms in total. The summed E-state index contributed by atoms with van der Waals surface area (Å²) in [7, 11) is 1.56. The maximum atomic E-state index is 9.88. The fourth-order valence-corrected chi connectivity index (χ4v) is 2.57. The van der Waals surface area contributed by atoms with E-state index in [4.69, 9.17) is 21.1 Å². The van der Waals surface area contributed by atoms with E-state index in [1.54, 1.807) is 43.7 Å². The molecule has 2 rings (SSSR count). The van der Waals surface area contributed by atoms with Crippen molar-refractivity contribution in [2.45, 2.75) is 6.92 Å². The van der Waals surface area contributed by atoms with Crippen molar-refractivity contribution in [2.75, 3.05) is 19.1 Å². The fourth-order valence-electron chi connectivity index (χ4n) is 1.85. The molecule has 2 aromatic carbocycles. The van der Waals surface area contributed by atoms with Crippen molar-refractivity contribution in [3.8, 4) is 17.2 Å². The molecule has 0 radical (unpaired) electrons. The minimum absolute atomic E-state index is 0.0684. The summed E-state index contributed by atoms with van der Waals surface area (Å²) in [6, 6.07) is 8.72. The van der Waals surface area contributed by atoms with E-state index in [2.05, 4.69) is 26.5 Å². The van der Waals surface area contributed by atoms with Crippen LogP contribution in [0.25, 0.3) is 0 Å². The van der Waals surface area contributed by atoms with Crippen LogP contribution in [0.2, 0.25) is 5.02 Å². The van der Waals surface area contributed by atoms with Crippen LogP contribution in [0.4, 0.5) is 5.69 Å². The van der Waals surface area contributed by atoms with Crippen LogP contribution in [0, 0.1) is 0 Å². The van der Waals surface area contributed by atoms with Gasteiger partial charge in [0.25, 0.3) is 0 Å². The maximum Gasteiger partial charge on any atom is 0.172 e. The third-order valence-corrected chi connectivity index (χ3v) is 3.81. The Morgan fingerprint density at radius 2 is 2.09 bits per heavy atom. The smallest absolute Gasteiger partial charge is 0.172 e. The number of nitrogens with zero attached hydrogens (tertiary/aromatic N) is 1. The van der Waals surface area contributed by atoms with Crippen molar-refractivity contribution in [3.63, 3.8) is 0 Å². The number of nitrogens with one attached hydrogen (secondary N) is 1. The lowest BCUT2D eigenvalue weighted by Crippen LogP contribution is -1.95. The third kappa shape index (κ3) is 4.53. The van der Waals surface area contributed by atoms with Gasteiger partial charge in [0.05, 0.1) is 35.1 Å². The zero-order valence-corrected chi connectivity index (χ0v) is 15.0. The first-order valence-corrected chi connectivity index (χ1v) is 8.00. The number of hydrazone groups is 1. The highest BCUT2D eigenvalue weighted by molar-refractivity contribution is 9.10. The Balaban J connectivity index is 2.12. The Labute approximate surface area is 148 Å². The summed E-state index contributed by atoms with van der Waals surface area (Å²) in [6.45, 7) is 2.31. The molecule has 0 spiro atoms. The lowest BCUT2D eigenvalue weighted by Gasteiger charge is -2.08. The highest BCUT2D eigenvalue weighted by Gasteiger charge is 2.08. The van der Waals surface area contributed by atoms with E-state index in [1.165, 1.54) is 0 Å². The Bertz CT molecular complexity index is 723. The van der Waals surface area contributed by atoms with E-state index in [0.29, 0.717) is 27.6 Å². The zero-order chi connectivity index (χ0) is 16.8. The molecule has 0 aliphatic carbocycles. The van der Waals surface area contributed by atoms with Gasteiger partial charge in [0.2, 0.25) is 0 Å². The second-order valence-corrected chi connectivity index (χ2v) is 5.76. The molecule has 23 heavy (non-hydrogen) atoms. The molecular formula is C16H16BrClN2O3. The monoisotopic (exact) mass is 398 g/mol. The summed E-state index contributed by atoms with van der Waals surface area (Å²) < 4.78 is 11.0. The number of benzene rings is 2. The Kier molecular flexibility index (Phi) is 6.12. The van der Waals surface area contributed by atoms with Crippen LogP contribution in [-0.2, 0) is 0 Å². The van der Waals surface area contributed by atoms with E-state index in [-0.39, 0.29) is 5.75 Å². The molecule has 0 unspecified atom stereocenters. The van der Waals surface area contributed by atoms with Gasteiger partial charge in [0.15, 0.2) is 11.5 Å². The SMILES string of the molecule is CCOc1cc(/C=N/Nc2ccc(OC)c(Cl)c2)cc(Br)c1O. The number of rotatable bonds is 6. The number of hydrogen-bond donors (Lipinski definition) is 2. The van der Waals surface area contributed by atoms with E-state index >= 15 is 0 Å². The minimum Gasteiger partial charge on any atom is -0.503 e. The van der Waals surface area contributed by atoms with Gasteiger partial charge in [-0.1, -0.05) is 11.6 Å². The summed E-state index contributed by atoms with van der Waals surface area (Å²) in [4.78, 5) is 0. The molecule has 0 saturated heterocycles. The Morgan fingerprint density at radius 1 is 1.30 bits per heavy atom. The van der Waals surface area contributed by atoms with Crippen LogP contribution in [0.15, 0.2) is 39.9 Å². The first-order valence-electron chi connectivity index (χ1n) is 6.83. The number of halogens is 2. The largest absolute Gasteiger partial charge is 0.503 e. The van der Waals surface area contributed by atoms with Gasteiger partial charge in [-0.2, -0.15) is 5.10 Å². The standard InChI is InChI=1S/C16H16BrClN2O3/c1-3-23-15-7-10(6-12(17)16(15)21)9-19-20-11-4-5-14(22-2)13(18)8-11/h4-9,20-21H,3H2,1-2H3/b19-9+. The second kappa shape index (κ2) is 8.08. The first-order chi connectivity index (χ1) is 11.0. The average Bonchev–Trinajstić information content (AvgIpc) is 2.52. The highest BCUT2D eigenvalue weighted by Crippen LogP contribution is 2.35. The topological polar surface area (TPSA) is 63.1 Å². The van der Waals surface area contributed by atoms with Gasteiger partial charge >= 0.3 is 0 Å². The molecule has 0 amide bonds. The maximum absolute atomic E-state index is 9.88. The molecule has 0 fully saturated rings. The van der Waals surface area contributed by atoms with Crippen LogP contribution >= 0.6 is 27.5 Å². The lowest BCUT2D eigenvalue weighted by atomic mass is 10.2. The summed E-state index contributed by atoms with van der Waals surface area (Å²) in [5.74, 6) is 1.07. The Morgan fingerprint density at radius 3 is 2.74 bits per heavy atom. The number of phenols is 1. The number of aromatic hydroxyl groups is 1. The lowest BCUT2D eigenvalue weighted by molar-refractivity contribution is 0.317. The van der Waals surface area contributed by atoms with Crippen LogP contribution < -0.4 is 14.9 Å². The predicted octanol–water partition coefficient (Wildman–Crippen LogP) is 4.66. The summed E-state index contributed by atoms with van der Waals surface area (Å²) in [6.07, 6.45) is 1.62. The van der Waals surface area contributed by atoms with E-state index in [9.17, 15) is 5.11 Å². The first kappa shape index (κ1) is 17.4. The van der Waals surface area contributed by atoms with Gasteiger partial charge in [0, 0.05) is 0 Å². The molecule has 7 heteroatoms. The molecule has 0 saturated carbocycles. The molecule has 0 aliphatic rings. The van der Waals surface area contributed by atoms with Crippen molar-refractivity contribution in [3.05, 3.63) is 45.4 Å². The zero-order valence-electron chi connectivity index (χ0n) is 12.6. The van der Waals surface area contributed by atoms with Gasteiger partial charge in [-0.15, -0.1) is 0 Å². The number of anilines is 1. The molecule has 122 valence electrons. The number of phenolic OH excluding ortho intramolecular Hbond substituents is 1. The van der Waals surface area contributed by atoms with E-state index in [1.807, 2.05) is 6.92 Å². The molecule has 0 bridgehead atoms. The molecular weight excluding hydrogens is 384 g/mol. The van der Waals surface area contributed by atoms with Crippen LogP contribution in [0.5, 0.6) is 17.2 Å². The molecule has 0 heterocycles. The minimum atomic E-state index is 0.0684. The van der Waals surface area contributed by atoms with Crippen LogP contribution in [0.3, 0.4) is 0 Å². The third-order valence-electron chi connectivity index (χ3n) is 2.91. The molecule has 2 aromatic rings. The second-order valence-electron chi connectivity index (χ2n) is 4.50. The number of hydrogen-bond acceptors (Lipinski definition) is 5. The number of methoxy groups -OCH3 is 1. The quantitative estimate of drug-likeness (QED) is 0.548. The van der Waals surface area contributed by atoms with Gasteiger partial charge < -0.3 is 14.6 Å². The Hall–Kier alpha value is -1.92. The van der Waals surface area contributed by atoms with Crippen molar-refractivity contribution in [1.82, 2.24) is 0 Å². The van der Waals surface area contributed by atoms with Crippen LogP contribution in [-0.4, -0.2) is 25.0 Å². The van der Waals surface area contributed by atoms with Crippen molar-refractivity contribution >= 4 is 39.4 Å². The molecule has 0 atom stereocenters. The predicted molar refractivity (Wildman–Crippen MR) is 96.2 cm³/mol. The summed E-state index contributed by atoms with van der Waals surface area (Å²) in [5.41, 5.74) is 4.38. The molecule has 2 N–H and O–H groups in total. The van der Waals surface area contributed by atoms with Crippen LogP contribution in [0.1, 0.15) is 12.5 Å². The fraction of sp³-hybridized carbons (Fsp3) is 0.188. The van der Waals surface area contributed by atoms with E-state index < -0.39 is 0 Å². The van der Waals surface area contributed by atoms with Gasteiger partial charge in [0.1, 0.15) is 5.75 Å². The normalized spacial score (nSPS) is 10.8. The molecule has 0 aliphatic heterocycles. The summed E-state index contributed by atoms with van der Waals surface area (Å²) >= 11 is 9.34. The van der Waals surface area contributed by atoms with Crippen molar-refractivity contribution in [2.24, 2.45) is 5.10 Å². The van der Waals surface area contributed by atoms with Gasteiger partial charge in [-0.25, -0.2) is 0 Å². The number of ether oxygens (including phenoxy) is 2. The van der Waals surface area contributed by atoms with E-state index in [0.717, 1.165) is 11.3 Å². The molecule has 0 aromatic heterocycles. The van der Waals surface area contributed by atoms with Gasteiger partial charge in [-0.3, -0.25) is 5.43 Å². The van der Waals surface area contributed by atoms with Crippen molar-refractivity contribution in [1.29, 1.82) is 0 Å². The average molecular weight is 400 g/mol. The highest BCUT2D eigenvalue weighted by atomic mass is 79.9. The summed E-state index contributed by atoms with van der Waals surface area (Å²) in [5, 5.41) is 14.5. The van der Waals surface area contributed by atoms with Gasteiger partial charge in [-0.05, 0) is 58.7 Å².